The molecule has 0 bridgehead atoms. The van der Waals surface area contributed by atoms with Crippen LogP contribution in [0, 0.1) is 0 Å². The van der Waals surface area contributed by atoms with Gasteiger partial charge in [0, 0.05) is 24.0 Å². The molecule has 2 heterocycles. The van der Waals surface area contributed by atoms with Crippen LogP contribution >= 0.6 is 11.3 Å². The highest BCUT2D eigenvalue weighted by atomic mass is 32.1. The van der Waals surface area contributed by atoms with Crippen molar-refractivity contribution in [3.63, 3.8) is 0 Å². The van der Waals surface area contributed by atoms with Crippen LogP contribution in [0.3, 0.4) is 0 Å². The average molecular weight is 302 g/mol. The third kappa shape index (κ3) is 3.38. The van der Waals surface area contributed by atoms with Crippen molar-refractivity contribution >= 4 is 22.7 Å². The van der Waals surface area contributed by atoms with Crippen molar-refractivity contribution in [3.05, 3.63) is 34.5 Å². The molecule has 0 saturated heterocycles. The van der Waals surface area contributed by atoms with Gasteiger partial charge in [0.2, 0.25) is 0 Å². The Balaban J connectivity index is 2.09. The SMILES string of the molecule is CC(CNc1cc(C(F)(F)F)ncc1N)c1nccs1. The molecule has 0 aliphatic rings. The number of halogens is 3. The summed E-state index contributed by atoms with van der Waals surface area (Å²) in [6, 6.07) is 0.921. The van der Waals surface area contributed by atoms with Crippen molar-refractivity contribution in [1.29, 1.82) is 0 Å². The zero-order valence-electron chi connectivity index (χ0n) is 10.6. The lowest BCUT2D eigenvalue weighted by atomic mass is 10.2. The summed E-state index contributed by atoms with van der Waals surface area (Å²) in [6.07, 6.45) is -1.77. The van der Waals surface area contributed by atoms with Crippen LogP contribution < -0.4 is 11.1 Å². The van der Waals surface area contributed by atoms with Crippen molar-refractivity contribution in [3.8, 4) is 0 Å². The monoisotopic (exact) mass is 302 g/mol. The van der Waals surface area contributed by atoms with Crippen molar-refractivity contribution in [1.82, 2.24) is 9.97 Å². The molecular weight excluding hydrogens is 289 g/mol. The van der Waals surface area contributed by atoms with E-state index in [4.69, 9.17) is 5.73 Å². The summed E-state index contributed by atoms with van der Waals surface area (Å²) in [4.78, 5) is 7.45. The van der Waals surface area contributed by atoms with Gasteiger partial charge in [-0.05, 0) is 6.07 Å². The summed E-state index contributed by atoms with van der Waals surface area (Å²) in [5, 5.41) is 5.69. The van der Waals surface area contributed by atoms with Gasteiger partial charge in [0.15, 0.2) is 0 Å². The molecule has 4 nitrogen and oxygen atoms in total. The maximum absolute atomic E-state index is 12.6. The van der Waals surface area contributed by atoms with Gasteiger partial charge in [-0.3, -0.25) is 0 Å². The summed E-state index contributed by atoms with van der Waals surface area (Å²) in [6.45, 7) is 2.38. The lowest BCUT2D eigenvalue weighted by molar-refractivity contribution is -0.141. The van der Waals surface area contributed by atoms with Crippen LogP contribution in [-0.2, 0) is 6.18 Å². The van der Waals surface area contributed by atoms with E-state index in [1.807, 2.05) is 12.3 Å². The molecule has 0 fully saturated rings. The molecule has 2 rings (SSSR count). The van der Waals surface area contributed by atoms with E-state index >= 15 is 0 Å². The van der Waals surface area contributed by atoms with Gasteiger partial charge in [0.1, 0.15) is 5.69 Å². The minimum atomic E-state index is -4.48. The van der Waals surface area contributed by atoms with E-state index in [9.17, 15) is 13.2 Å². The number of nitrogens with two attached hydrogens (primary N) is 1. The van der Waals surface area contributed by atoms with Crippen LogP contribution in [0.15, 0.2) is 23.8 Å². The van der Waals surface area contributed by atoms with Gasteiger partial charge in [-0.15, -0.1) is 11.3 Å². The number of rotatable bonds is 4. The number of hydrogen-bond acceptors (Lipinski definition) is 5. The van der Waals surface area contributed by atoms with Crippen molar-refractivity contribution in [2.24, 2.45) is 0 Å². The first-order valence-corrected chi connectivity index (χ1v) is 6.72. The number of pyridine rings is 1. The van der Waals surface area contributed by atoms with Gasteiger partial charge in [0.05, 0.1) is 22.6 Å². The fourth-order valence-corrected chi connectivity index (χ4v) is 2.30. The van der Waals surface area contributed by atoms with Gasteiger partial charge in [-0.1, -0.05) is 6.92 Å². The van der Waals surface area contributed by atoms with Crippen LogP contribution in [0.2, 0.25) is 0 Å². The average Bonchev–Trinajstić information content (AvgIpc) is 2.90. The van der Waals surface area contributed by atoms with E-state index in [1.165, 1.54) is 11.3 Å². The van der Waals surface area contributed by atoms with Crippen molar-refractivity contribution in [2.75, 3.05) is 17.6 Å². The molecule has 20 heavy (non-hydrogen) atoms. The van der Waals surface area contributed by atoms with Gasteiger partial charge < -0.3 is 11.1 Å². The van der Waals surface area contributed by atoms with Crippen LogP contribution in [0.5, 0.6) is 0 Å². The molecule has 0 aliphatic heterocycles. The highest BCUT2D eigenvalue weighted by Crippen LogP contribution is 2.31. The fourth-order valence-electron chi connectivity index (χ4n) is 1.60. The Hall–Kier alpha value is -1.83. The molecule has 0 radical (unpaired) electrons. The number of anilines is 2. The van der Waals surface area contributed by atoms with Crippen LogP contribution in [0.1, 0.15) is 23.5 Å². The standard InChI is InChI=1S/C12H13F3N4S/c1-7(11-17-2-3-20-11)5-18-9-4-10(12(13,14)15)19-6-8(9)16/h2-4,6-7H,5,16H2,1H3,(H,18,19). The Morgan fingerprint density at radius 1 is 1.40 bits per heavy atom. The first-order chi connectivity index (χ1) is 9.38. The zero-order valence-corrected chi connectivity index (χ0v) is 11.4. The van der Waals surface area contributed by atoms with Crippen LogP contribution in [-0.4, -0.2) is 16.5 Å². The van der Waals surface area contributed by atoms with Crippen molar-refractivity contribution < 1.29 is 13.2 Å². The van der Waals surface area contributed by atoms with Crippen molar-refractivity contribution in [2.45, 2.75) is 19.0 Å². The number of nitrogens with zero attached hydrogens (tertiary/aromatic N) is 2. The summed E-state index contributed by atoms with van der Waals surface area (Å²) >= 11 is 1.50. The topological polar surface area (TPSA) is 63.8 Å². The van der Waals surface area contributed by atoms with E-state index in [2.05, 4.69) is 15.3 Å². The Kier molecular flexibility index (Phi) is 4.12. The van der Waals surface area contributed by atoms with E-state index in [1.54, 1.807) is 6.20 Å². The first kappa shape index (κ1) is 14.6. The molecule has 2 aromatic rings. The lowest BCUT2D eigenvalue weighted by Crippen LogP contribution is -2.14. The number of nitrogen functional groups attached to an aromatic ring is 1. The highest BCUT2D eigenvalue weighted by molar-refractivity contribution is 7.09. The van der Waals surface area contributed by atoms with E-state index in [-0.39, 0.29) is 17.3 Å². The first-order valence-electron chi connectivity index (χ1n) is 5.84. The second-order valence-electron chi connectivity index (χ2n) is 4.31. The summed E-state index contributed by atoms with van der Waals surface area (Å²) < 4.78 is 37.7. The van der Waals surface area contributed by atoms with Gasteiger partial charge in [-0.25, -0.2) is 9.97 Å². The molecule has 1 unspecified atom stereocenters. The fraction of sp³-hybridized carbons (Fsp3) is 0.333. The number of aromatic nitrogens is 2. The Morgan fingerprint density at radius 3 is 2.75 bits per heavy atom. The molecule has 0 aromatic carbocycles. The number of thiazole rings is 1. The lowest BCUT2D eigenvalue weighted by Gasteiger charge is -2.14. The number of nitrogens with one attached hydrogen (secondary N) is 1. The summed E-state index contributed by atoms with van der Waals surface area (Å²) in [5.74, 6) is 0.0805. The molecule has 2 aromatic heterocycles. The second kappa shape index (κ2) is 5.66. The maximum Gasteiger partial charge on any atom is 0.433 e. The van der Waals surface area contributed by atoms with Crippen LogP contribution in [0.4, 0.5) is 24.5 Å². The summed E-state index contributed by atoms with van der Waals surface area (Å²) in [7, 11) is 0. The third-order valence-electron chi connectivity index (χ3n) is 2.70. The predicted molar refractivity (Wildman–Crippen MR) is 72.7 cm³/mol. The minimum Gasteiger partial charge on any atom is -0.396 e. The molecule has 0 aliphatic carbocycles. The largest absolute Gasteiger partial charge is 0.433 e. The molecule has 108 valence electrons. The molecule has 3 N–H and O–H groups in total. The second-order valence-corrected chi connectivity index (χ2v) is 5.23. The smallest absolute Gasteiger partial charge is 0.396 e. The summed E-state index contributed by atoms with van der Waals surface area (Å²) in [5.41, 5.74) is 5.09. The van der Waals surface area contributed by atoms with Gasteiger partial charge in [-0.2, -0.15) is 13.2 Å². The quantitative estimate of drug-likeness (QED) is 0.909. The Labute approximate surface area is 117 Å². The van der Waals surface area contributed by atoms with Gasteiger partial charge in [0.25, 0.3) is 0 Å². The predicted octanol–water partition coefficient (Wildman–Crippen LogP) is 3.35. The number of hydrogen-bond donors (Lipinski definition) is 2. The molecule has 8 heteroatoms. The van der Waals surface area contributed by atoms with E-state index < -0.39 is 11.9 Å². The zero-order chi connectivity index (χ0) is 14.8. The minimum absolute atomic E-state index is 0.0805. The third-order valence-corrected chi connectivity index (χ3v) is 3.70. The molecular formula is C12H13F3N4S. The van der Waals surface area contributed by atoms with Gasteiger partial charge >= 0.3 is 6.18 Å². The molecule has 0 amide bonds. The maximum atomic E-state index is 12.6. The number of alkyl halides is 3. The normalized spacial score (nSPS) is 13.2. The Bertz CT molecular complexity index is 569. The molecule has 0 spiro atoms. The van der Waals surface area contributed by atoms with Crippen LogP contribution in [0.25, 0.3) is 0 Å². The van der Waals surface area contributed by atoms with E-state index in [0.29, 0.717) is 6.54 Å². The highest BCUT2D eigenvalue weighted by Gasteiger charge is 2.32. The molecule has 0 saturated carbocycles. The van der Waals surface area contributed by atoms with E-state index in [0.717, 1.165) is 17.3 Å². The molecule has 1 atom stereocenters. The Morgan fingerprint density at radius 2 is 2.15 bits per heavy atom.